The Hall–Kier alpha value is -3.07. The van der Waals surface area contributed by atoms with Crippen LogP contribution in [0.4, 0.5) is 20.6 Å². The Morgan fingerprint density at radius 1 is 1.09 bits per heavy atom. The van der Waals surface area contributed by atoms with E-state index < -0.39 is 12.2 Å². The minimum atomic E-state index is -0.576. The molecule has 2 aliphatic rings. The molecule has 0 radical (unpaired) electrons. The molecule has 0 aromatic heterocycles. The van der Waals surface area contributed by atoms with Gasteiger partial charge < -0.3 is 15.0 Å². The largest absolute Gasteiger partial charge is 0.442 e. The van der Waals surface area contributed by atoms with Crippen molar-refractivity contribution in [2.24, 2.45) is 0 Å². The van der Waals surface area contributed by atoms with Gasteiger partial charge in [0, 0.05) is 37.2 Å². The van der Waals surface area contributed by atoms with Crippen molar-refractivity contribution in [2.75, 3.05) is 36.0 Å². The standard InChI is InChI=1S/C25H28FN3O4S/c26-21-13-19(7-8-22(21)28-11-1-2-12-28)29-15-20(33-25(29)32)14-27-24(31)10-9-23(30)18-5-3-17(16-34)4-6-18/h3-8,13,20,34H,1-2,9-12,14-16H2,(H,27,31). The van der Waals surface area contributed by atoms with Crippen LogP contribution in [-0.2, 0) is 15.3 Å². The molecule has 0 saturated carbocycles. The van der Waals surface area contributed by atoms with E-state index in [0.29, 0.717) is 22.7 Å². The lowest BCUT2D eigenvalue weighted by Crippen LogP contribution is -2.34. The van der Waals surface area contributed by atoms with E-state index in [2.05, 4.69) is 17.9 Å². The number of benzene rings is 2. The minimum Gasteiger partial charge on any atom is -0.442 e. The van der Waals surface area contributed by atoms with Crippen LogP contribution in [0.25, 0.3) is 0 Å². The van der Waals surface area contributed by atoms with Crippen LogP contribution in [0.2, 0.25) is 0 Å². The molecule has 2 aliphatic heterocycles. The third kappa shape index (κ3) is 5.70. The van der Waals surface area contributed by atoms with E-state index in [1.54, 1.807) is 24.3 Å². The molecule has 9 heteroatoms. The summed E-state index contributed by atoms with van der Waals surface area (Å²) in [7, 11) is 0. The Bertz CT molecular complexity index is 1060. The average Bonchev–Trinajstić information content (AvgIpc) is 3.51. The number of thiol groups is 1. The maximum Gasteiger partial charge on any atom is 0.414 e. The molecule has 1 atom stereocenters. The number of carbonyl (C=O) groups is 3. The van der Waals surface area contributed by atoms with Gasteiger partial charge in [0.2, 0.25) is 5.91 Å². The molecular weight excluding hydrogens is 457 g/mol. The van der Waals surface area contributed by atoms with Gasteiger partial charge in [-0.1, -0.05) is 24.3 Å². The Kier molecular flexibility index (Phi) is 7.72. The second-order valence-electron chi connectivity index (χ2n) is 8.53. The van der Waals surface area contributed by atoms with Gasteiger partial charge in [-0.2, -0.15) is 12.6 Å². The second kappa shape index (κ2) is 10.9. The summed E-state index contributed by atoms with van der Waals surface area (Å²) < 4.78 is 20.0. The molecule has 2 saturated heterocycles. The molecule has 1 unspecified atom stereocenters. The van der Waals surface area contributed by atoms with Crippen LogP contribution in [0.15, 0.2) is 42.5 Å². The summed E-state index contributed by atoms with van der Waals surface area (Å²) in [5.74, 6) is -0.178. The van der Waals surface area contributed by atoms with Gasteiger partial charge in [0.05, 0.1) is 24.5 Å². The van der Waals surface area contributed by atoms with Crippen molar-refractivity contribution in [3.05, 3.63) is 59.4 Å². The van der Waals surface area contributed by atoms with Crippen molar-refractivity contribution in [3.8, 4) is 0 Å². The molecule has 0 aliphatic carbocycles. The van der Waals surface area contributed by atoms with E-state index in [1.165, 1.54) is 11.0 Å². The van der Waals surface area contributed by atoms with Crippen LogP contribution in [-0.4, -0.2) is 50.1 Å². The number of Topliss-reactive ketones (excluding diaryl/α,β-unsaturated/α-hetero) is 1. The predicted molar refractivity (Wildman–Crippen MR) is 131 cm³/mol. The lowest BCUT2D eigenvalue weighted by molar-refractivity contribution is -0.121. The van der Waals surface area contributed by atoms with Crippen LogP contribution in [0, 0.1) is 5.82 Å². The average molecular weight is 486 g/mol. The molecule has 34 heavy (non-hydrogen) atoms. The number of anilines is 2. The third-order valence-corrected chi connectivity index (χ3v) is 6.49. The molecule has 2 aromatic rings. The molecule has 2 aromatic carbocycles. The van der Waals surface area contributed by atoms with Gasteiger partial charge >= 0.3 is 6.09 Å². The zero-order valence-electron chi connectivity index (χ0n) is 18.8. The van der Waals surface area contributed by atoms with E-state index in [9.17, 15) is 18.8 Å². The first kappa shape index (κ1) is 24.1. The van der Waals surface area contributed by atoms with E-state index in [1.807, 2.05) is 17.0 Å². The number of carbonyl (C=O) groups excluding carboxylic acids is 3. The zero-order valence-corrected chi connectivity index (χ0v) is 19.7. The van der Waals surface area contributed by atoms with Gasteiger partial charge in [0.15, 0.2) is 5.78 Å². The van der Waals surface area contributed by atoms with Gasteiger partial charge in [0.25, 0.3) is 0 Å². The van der Waals surface area contributed by atoms with Crippen LogP contribution in [0.3, 0.4) is 0 Å². The van der Waals surface area contributed by atoms with Crippen molar-refractivity contribution in [2.45, 2.75) is 37.5 Å². The molecule has 180 valence electrons. The fourth-order valence-electron chi connectivity index (χ4n) is 4.20. The molecule has 2 fully saturated rings. The van der Waals surface area contributed by atoms with E-state index in [-0.39, 0.29) is 43.4 Å². The SMILES string of the molecule is O=C(CCC(=O)c1ccc(CS)cc1)NCC1CN(c2ccc(N3CCCC3)c(F)c2)C(=O)O1. The molecule has 2 heterocycles. The molecule has 1 N–H and O–H groups in total. The summed E-state index contributed by atoms with van der Waals surface area (Å²) in [6.07, 6.45) is 1.09. The van der Waals surface area contributed by atoms with Crippen LogP contribution in [0.5, 0.6) is 0 Å². The number of cyclic esters (lactones) is 1. The highest BCUT2D eigenvalue weighted by Gasteiger charge is 2.33. The Balaban J connectivity index is 1.24. The number of nitrogens with zero attached hydrogens (tertiary/aromatic N) is 2. The van der Waals surface area contributed by atoms with E-state index >= 15 is 0 Å². The quantitative estimate of drug-likeness (QED) is 0.415. The van der Waals surface area contributed by atoms with Crippen molar-refractivity contribution >= 4 is 41.8 Å². The Labute approximate surface area is 203 Å². The fourth-order valence-corrected chi connectivity index (χ4v) is 4.41. The first-order valence-corrected chi connectivity index (χ1v) is 12.1. The second-order valence-corrected chi connectivity index (χ2v) is 8.84. The zero-order chi connectivity index (χ0) is 24.1. The van der Waals surface area contributed by atoms with Gasteiger partial charge in [-0.05, 0) is 36.6 Å². The maximum absolute atomic E-state index is 14.6. The number of amides is 2. The van der Waals surface area contributed by atoms with Gasteiger partial charge in [-0.3, -0.25) is 14.5 Å². The van der Waals surface area contributed by atoms with Crippen molar-refractivity contribution in [1.82, 2.24) is 5.32 Å². The van der Waals surface area contributed by atoms with Gasteiger partial charge in [-0.25, -0.2) is 9.18 Å². The van der Waals surface area contributed by atoms with E-state index in [4.69, 9.17) is 4.74 Å². The highest BCUT2D eigenvalue weighted by Crippen LogP contribution is 2.29. The first-order valence-electron chi connectivity index (χ1n) is 11.5. The predicted octanol–water partition coefficient (Wildman–Crippen LogP) is 3.96. The lowest BCUT2D eigenvalue weighted by Gasteiger charge is -2.20. The van der Waals surface area contributed by atoms with E-state index in [0.717, 1.165) is 31.5 Å². The summed E-state index contributed by atoms with van der Waals surface area (Å²) in [5.41, 5.74) is 2.54. The van der Waals surface area contributed by atoms with Crippen LogP contribution < -0.4 is 15.1 Å². The lowest BCUT2D eigenvalue weighted by atomic mass is 10.0. The molecule has 0 spiro atoms. The smallest absolute Gasteiger partial charge is 0.414 e. The summed E-state index contributed by atoms with van der Waals surface area (Å²) in [5, 5.41) is 2.71. The van der Waals surface area contributed by atoms with Crippen LogP contribution in [0.1, 0.15) is 41.6 Å². The van der Waals surface area contributed by atoms with Crippen LogP contribution >= 0.6 is 12.6 Å². The number of ether oxygens (including phenoxy) is 1. The van der Waals surface area contributed by atoms with Crippen molar-refractivity contribution in [1.29, 1.82) is 0 Å². The third-order valence-electron chi connectivity index (χ3n) is 6.13. The molecule has 7 nitrogen and oxygen atoms in total. The number of nitrogens with one attached hydrogen (secondary N) is 1. The Morgan fingerprint density at radius 2 is 1.82 bits per heavy atom. The van der Waals surface area contributed by atoms with Crippen molar-refractivity contribution < 1.29 is 23.5 Å². The highest BCUT2D eigenvalue weighted by atomic mass is 32.1. The van der Waals surface area contributed by atoms with Gasteiger partial charge in [0.1, 0.15) is 11.9 Å². The normalized spacial score (nSPS) is 17.7. The topological polar surface area (TPSA) is 79.0 Å². The molecular formula is C25H28FN3O4S. The maximum atomic E-state index is 14.6. The van der Waals surface area contributed by atoms with Gasteiger partial charge in [-0.15, -0.1) is 0 Å². The Morgan fingerprint density at radius 3 is 2.50 bits per heavy atom. The molecule has 4 rings (SSSR count). The number of hydrogen-bond acceptors (Lipinski definition) is 6. The number of hydrogen-bond donors (Lipinski definition) is 2. The highest BCUT2D eigenvalue weighted by molar-refractivity contribution is 7.79. The number of ketones is 1. The summed E-state index contributed by atoms with van der Waals surface area (Å²) in [6, 6.07) is 11.9. The minimum absolute atomic E-state index is 0.0424. The number of halogens is 1. The molecule has 0 bridgehead atoms. The summed E-state index contributed by atoms with van der Waals surface area (Å²) in [4.78, 5) is 40.2. The van der Waals surface area contributed by atoms with Crippen molar-refractivity contribution in [3.63, 3.8) is 0 Å². The fraction of sp³-hybridized carbons (Fsp3) is 0.400. The molecule has 2 amide bonds. The summed E-state index contributed by atoms with van der Waals surface area (Å²) in [6.45, 7) is 1.99. The monoisotopic (exact) mass is 485 g/mol. The first-order chi connectivity index (χ1) is 16.4. The summed E-state index contributed by atoms with van der Waals surface area (Å²) >= 11 is 4.19. The number of rotatable bonds is 9.